The lowest BCUT2D eigenvalue weighted by atomic mass is 9.85. The number of amides is 2. The molecule has 116 valence electrons. The van der Waals surface area contributed by atoms with Crippen molar-refractivity contribution < 1.29 is 4.79 Å². The summed E-state index contributed by atoms with van der Waals surface area (Å²) in [5.74, 6) is 0. The Morgan fingerprint density at radius 1 is 1.05 bits per heavy atom. The van der Waals surface area contributed by atoms with Crippen molar-refractivity contribution in [2.75, 3.05) is 11.9 Å². The van der Waals surface area contributed by atoms with Crippen molar-refractivity contribution in [3.63, 3.8) is 0 Å². The van der Waals surface area contributed by atoms with Crippen LogP contribution in [0.4, 0.5) is 10.5 Å². The molecule has 22 heavy (non-hydrogen) atoms. The first-order valence-electron chi connectivity index (χ1n) is 6.93. The largest absolute Gasteiger partial charge is 0.337 e. The van der Waals surface area contributed by atoms with Gasteiger partial charge in [0.05, 0.1) is 0 Å². The van der Waals surface area contributed by atoms with Gasteiger partial charge in [0.2, 0.25) is 0 Å². The Labute approximate surface area is 140 Å². The zero-order valence-corrected chi connectivity index (χ0v) is 14.0. The number of carbonyl (C=O) groups is 1. The van der Waals surface area contributed by atoms with Gasteiger partial charge in [0, 0.05) is 27.7 Å². The Morgan fingerprint density at radius 2 is 1.68 bits per heavy atom. The third kappa shape index (κ3) is 4.65. The van der Waals surface area contributed by atoms with Gasteiger partial charge < -0.3 is 10.6 Å². The van der Waals surface area contributed by atoms with E-state index >= 15 is 0 Å². The topological polar surface area (TPSA) is 41.1 Å². The summed E-state index contributed by atoms with van der Waals surface area (Å²) in [6, 6.07) is 14.4. The summed E-state index contributed by atoms with van der Waals surface area (Å²) >= 11 is 11.9. The number of nitrogens with one attached hydrogen (secondary N) is 2. The molecule has 0 unspecified atom stereocenters. The van der Waals surface area contributed by atoms with Crippen molar-refractivity contribution in [2.24, 2.45) is 0 Å². The Hall–Kier alpha value is -1.71. The molecule has 0 aliphatic rings. The van der Waals surface area contributed by atoms with Gasteiger partial charge in [-0.2, -0.15) is 0 Å². The SMILES string of the molecule is CC(C)(CNC(=O)Nc1cccc(Cl)c1)c1cccc(Cl)c1. The van der Waals surface area contributed by atoms with Gasteiger partial charge in [0.1, 0.15) is 0 Å². The lowest BCUT2D eigenvalue weighted by molar-refractivity contribution is 0.249. The number of urea groups is 1. The summed E-state index contributed by atoms with van der Waals surface area (Å²) in [5, 5.41) is 6.90. The molecule has 2 N–H and O–H groups in total. The van der Waals surface area contributed by atoms with Gasteiger partial charge in [0.25, 0.3) is 0 Å². The van der Waals surface area contributed by atoms with Crippen molar-refractivity contribution in [1.82, 2.24) is 5.32 Å². The fourth-order valence-corrected chi connectivity index (χ4v) is 2.43. The number of carbonyl (C=O) groups excluding carboxylic acids is 1. The van der Waals surface area contributed by atoms with Crippen molar-refractivity contribution >= 4 is 34.9 Å². The standard InChI is InChI=1S/C17H18Cl2N2O/c1-17(2,12-5-3-6-13(18)9-12)11-20-16(22)21-15-8-4-7-14(19)10-15/h3-10H,11H2,1-2H3,(H2,20,21,22). The fourth-order valence-electron chi connectivity index (χ4n) is 2.05. The summed E-state index contributed by atoms with van der Waals surface area (Å²) in [6.45, 7) is 4.59. The molecule has 0 fully saturated rings. The van der Waals surface area contributed by atoms with Gasteiger partial charge in [-0.05, 0) is 35.9 Å². The maximum atomic E-state index is 12.0. The third-order valence-corrected chi connectivity index (χ3v) is 3.85. The van der Waals surface area contributed by atoms with Crippen LogP contribution in [0.5, 0.6) is 0 Å². The van der Waals surface area contributed by atoms with Crippen LogP contribution in [0.25, 0.3) is 0 Å². The average Bonchev–Trinajstić information content (AvgIpc) is 2.45. The van der Waals surface area contributed by atoms with Gasteiger partial charge in [-0.3, -0.25) is 0 Å². The highest BCUT2D eigenvalue weighted by atomic mass is 35.5. The fraction of sp³-hybridized carbons (Fsp3) is 0.235. The maximum Gasteiger partial charge on any atom is 0.319 e. The first kappa shape index (κ1) is 16.7. The minimum absolute atomic E-state index is 0.226. The lowest BCUT2D eigenvalue weighted by Crippen LogP contribution is -2.38. The van der Waals surface area contributed by atoms with E-state index in [0.717, 1.165) is 5.56 Å². The molecule has 0 aliphatic carbocycles. The van der Waals surface area contributed by atoms with Crippen LogP contribution in [0.15, 0.2) is 48.5 Å². The molecule has 2 aromatic carbocycles. The second-order valence-corrected chi connectivity index (χ2v) is 6.59. The van der Waals surface area contributed by atoms with Gasteiger partial charge in [-0.25, -0.2) is 4.79 Å². The molecule has 2 amide bonds. The second kappa shape index (κ2) is 7.03. The molecule has 0 aromatic heterocycles. The molecular formula is C17H18Cl2N2O. The molecular weight excluding hydrogens is 319 g/mol. The summed E-state index contributed by atoms with van der Waals surface area (Å²) in [6.07, 6.45) is 0. The quantitative estimate of drug-likeness (QED) is 0.801. The predicted molar refractivity (Wildman–Crippen MR) is 93.0 cm³/mol. The van der Waals surface area contributed by atoms with Crippen LogP contribution in [0.3, 0.4) is 0 Å². The van der Waals surface area contributed by atoms with E-state index < -0.39 is 0 Å². The van der Waals surface area contributed by atoms with E-state index in [1.165, 1.54) is 0 Å². The maximum absolute atomic E-state index is 12.0. The van der Waals surface area contributed by atoms with Crippen molar-refractivity contribution in [3.8, 4) is 0 Å². The number of hydrogen-bond donors (Lipinski definition) is 2. The summed E-state index contributed by atoms with van der Waals surface area (Å²) in [5.41, 5.74) is 1.50. The van der Waals surface area contributed by atoms with Crippen LogP contribution in [0.2, 0.25) is 10.0 Å². The number of anilines is 1. The molecule has 5 heteroatoms. The van der Waals surface area contributed by atoms with Gasteiger partial charge in [-0.1, -0.05) is 55.2 Å². The second-order valence-electron chi connectivity index (χ2n) is 5.71. The Morgan fingerprint density at radius 3 is 2.32 bits per heavy atom. The van der Waals surface area contributed by atoms with Gasteiger partial charge in [-0.15, -0.1) is 0 Å². The average molecular weight is 337 g/mol. The van der Waals surface area contributed by atoms with E-state index in [1.54, 1.807) is 24.3 Å². The molecule has 0 radical (unpaired) electrons. The smallest absolute Gasteiger partial charge is 0.319 e. The van der Waals surface area contributed by atoms with E-state index in [1.807, 2.05) is 24.3 Å². The molecule has 3 nitrogen and oxygen atoms in total. The minimum Gasteiger partial charge on any atom is -0.337 e. The minimum atomic E-state index is -0.266. The molecule has 0 heterocycles. The van der Waals surface area contributed by atoms with Gasteiger partial charge in [0.15, 0.2) is 0 Å². The van der Waals surface area contributed by atoms with Crippen LogP contribution < -0.4 is 10.6 Å². The van der Waals surface area contributed by atoms with Crippen molar-refractivity contribution in [2.45, 2.75) is 19.3 Å². The van der Waals surface area contributed by atoms with E-state index in [-0.39, 0.29) is 11.4 Å². The third-order valence-electron chi connectivity index (χ3n) is 3.38. The van der Waals surface area contributed by atoms with E-state index in [2.05, 4.69) is 24.5 Å². The number of halogens is 2. The zero-order valence-electron chi connectivity index (χ0n) is 12.5. The molecule has 0 bridgehead atoms. The van der Waals surface area contributed by atoms with Crippen molar-refractivity contribution in [3.05, 3.63) is 64.1 Å². The molecule has 2 rings (SSSR count). The molecule has 0 spiro atoms. The van der Waals surface area contributed by atoms with Crippen molar-refractivity contribution in [1.29, 1.82) is 0 Å². The molecule has 0 saturated heterocycles. The molecule has 0 aliphatic heterocycles. The van der Waals surface area contributed by atoms with E-state index in [0.29, 0.717) is 22.3 Å². The monoisotopic (exact) mass is 336 g/mol. The summed E-state index contributed by atoms with van der Waals surface area (Å²) < 4.78 is 0. The first-order valence-corrected chi connectivity index (χ1v) is 7.69. The van der Waals surface area contributed by atoms with Crippen LogP contribution in [-0.4, -0.2) is 12.6 Å². The zero-order chi connectivity index (χ0) is 16.2. The van der Waals surface area contributed by atoms with E-state index in [9.17, 15) is 4.79 Å². The van der Waals surface area contributed by atoms with Crippen LogP contribution >= 0.6 is 23.2 Å². The number of hydrogen-bond acceptors (Lipinski definition) is 1. The Bertz CT molecular complexity index is 671. The summed E-state index contributed by atoms with van der Waals surface area (Å²) in [7, 11) is 0. The normalized spacial score (nSPS) is 11.1. The highest BCUT2D eigenvalue weighted by Gasteiger charge is 2.21. The van der Waals surface area contributed by atoms with Crippen LogP contribution in [0, 0.1) is 0 Å². The highest BCUT2D eigenvalue weighted by molar-refractivity contribution is 6.31. The lowest BCUT2D eigenvalue weighted by Gasteiger charge is -2.26. The first-order chi connectivity index (χ1) is 10.4. The summed E-state index contributed by atoms with van der Waals surface area (Å²) in [4.78, 5) is 12.0. The van der Waals surface area contributed by atoms with Crippen LogP contribution in [-0.2, 0) is 5.41 Å². The Balaban J connectivity index is 1.95. The van der Waals surface area contributed by atoms with Gasteiger partial charge >= 0.3 is 6.03 Å². The van der Waals surface area contributed by atoms with Crippen LogP contribution in [0.1, 0.15) is 19.4 Å². The number of rotatable bonds is 4. The highest BCUT2D eigenvalue weighted by Crippen LogP contribution is 2.25. The Kier molecular flexibility index (Phi) is 5.33. The molecule has 0 saturated carbocycles. The predicted octanol–water partition coefficient (Wildman–Crippen LogP) is 5.09. The molecule has 0 atom stereocenters. The molecule has 2 aromatic rings. The van der Waals surface area contributed by atoms with E-state index in [4.69, 9.17) is 23.2 Å². The number of benzene rings is 2.